The van der Waals surface area contributed by atoms with Gasteiger partial charge in [0.15, 0.2) is 0 Å². The van der Waals surface area contributed by atoms with Crippen molar-refractivity contribution >= 4 is 11.6 Å². The molecule has 2 aliphatic rings. The third-order valence-corrected chi connectivity index (χ3v) is 5.07. The molecule has 1 atom stereocenters. The number of benzene rings is 1. The van der Waals surface area contributed by atoms with E-state index in [1.807, 2.05) is 24.3 Å². The van der Waals surface area contributed by atoms with Crippen molar-refractivity contribution in [2.45, 2.75) is 52.0 Å². The van der Waals surface area contributed by atoms with Gasteiger partial charge in [0.05, 0.1) is 0 Å². The number of allylic oxidation sites excluding steroid dienone is 2. The molecule has 1 unspecified atom stereocenters. The van der Waals surface area contributed by atoms with Gasteiger partial charge in [0.2, 0.25) is 0 Å². The molecule has 3 nitrogen and oxygen atoms in total. The summed E-state index contributed by atoms with van der Waals surface area (Å²) in [5.41, 5.74) is 2.16. The van der Waals surface area contributed by atoms with Gasteiger partial charge in [-0.25, -0.2) is 0 Å². The minimum Gasteiger partial charge on any atom is -0.383 e. The van der Waals surface area contributed by atoms with Crippen LogP contribution in [0.1, 0.15) is 56.3 Å². The zero-order chi connectivity index (χ0) is 16.3. The largest absolute Gasteiger partial charge is 0.383 e. The average Bonchev–Trinajstić information content (AvgIpc) is 2.54. The predicted octanol–water partition coefficient (Wildman–Crippen LogP) is 4.47. The number of piperidine rings is 1. The van der Waals surface area contributed by atoms with Crippen LogP contribution < -0.4 is 5.32 Å². The van der Waals surface area contributed by atoms with Crippen LogP contribution in [0.5, 0.6) is 0 Å². The number of hydrogen-bond donors (Lipinski definition) is 1. The molecule has 1 aliphatic heterocycles. The number of anilines is 1. The van der Waals surface area contributed by atoms with E-state index in [-0.39, 0.29) is 5.91 Å². The molecule has 1 amide bonds. The second-order valence-corrected chi connectivity index (χ2v) is 7.42. The lowest BCUT2D eigenvalue weighted by Crippen LogP contribution is -2.46. The van der Waals surface area contributed by atoms with Crippen LogP contribution in [-0.4, -0.2) is 29.9 Å². The number of nitrogens with zero attached hydrogens (tertiary/aromatic N) is 1. The molecule has 23 heavy (non-hydrogen) atoms. The molecule has 1 aromatic carbocycles. The second-order valence-electron chi connectivity index (χ2n) is 7.42. The van der Waals surface area contributed by atoms with E-state index in [9.17, 15) is 4.79 Å². The second kappa shape index (κ2) is 6.77. The summed E-state index contributed by atoms with van der Waals surface area (Å²) in [6, 6.07) is 8.30. The molecule has 1 aromatic rings. The zero-order valence-corrected chi connectivity index (χ0v) is 14.3. The van der Waals surface area contributed by atoms with E-state index in [1.54, 1.807) is 0 Å². The topological polar surface area (TPSA) is 32.3 Å². The third kappa shape index (κ3) is 3.77. The molecule has 0 aromatic heterocycles. The van der Waals surface area contributed by atoms with Crippen molar-refractivity contribution in [1.82, 2.24) is 4.90 Å². The van der Waals surface area contributed by atoms with E-state index in [4.69, 9.17) is 0 Å². The predicted molar refractivity (Wildman–Crippen MR) is 95.8 cm³/mol. The van der Waals surface area contributed by atoms with Gasteiger partial charge in [0, 0.05) is 30.4 Å². The lowest BCUT2D eigenvalue weighted by atomic mass is 9.71. The normalized spacial score (nSPS) is 24.2. The molecule has 0 bridgehead atoms. The van der Waals surface area contributed by atoms with E-state index in [0.29, 0.717) is 11.5 Å². The van der Waals surface area contributed by atoms with Crippen molar-refractivity contribution < 1.29 is 4.79 Å². The number of likely N-dealkylation sites (tertiary alicyclic amines) is 1. The van der Waals surface area contributed by atoms with Crippen molar-refractivity contribution in [3.63, 3.8) is 0 Å². The monoisotopic (exact) mass is 312 g/mol. The molecule has 0 radical (unpaired) electrons. The Bertz CT molecular complexity index is 593. The van der Waals surface area contributed by atoms with Gasteiger partial charge in [-0.1, -0.05) is 18.2 Å². The minimum atomic E-state index is 0.186. The maximum absolute atomic E-state index is 12.9. The Kier molecular flexibility index (Phi) is 4.74. The Morgan fingerprint density at radius 3 is 2.87 bits per heavy atom. The number of hydrogen-bond acceptors (Lipinski definition) is 2. The number of nitrogens with one attached hydrogen (secondary N) is 1. The molecule has 0 saturated carbocycles. The van der Waals surface area contributed by atoms with Crippen LogP contribution >= 0.6 is 0 Å². The maximum Gasteiger partial charge on any atom is 0.253 e. The molecular formula is C20H28N2O. The first-order valence-corrected chi connectivity index (χ1v) is 8.89. The van der Waals surface area contributed by atoms with Crippen LogP contribution in [0.2, 0.25) is 0 Å². The summed E-state index contributed by atoms with van der Waals surface area (Å²) in [6.45, 7) is 6.03. The summed E-state index contributed by atoms with van der Waals surface area (Å²) in [6.07, 6.45) is 10.5. The smallest absolute Gasteiger partial charge is 0.253 e. The molecular weight excluding hydrogens is 284 g/mol. The molecule has 1 heterocycles. The van der Waals surface area contributed by atoms with E-state index >= 15 is 0 Å². The number of carbonyl (C=O) groups excluding carboxylic acids is 1. The van der Waals surface area contributed by atoms with Gasteiger partial charge in [-0.05, 0) is 69.6 Å². The maximum atomic E-state index is 12.9. The van der Waals surface area contributed by atoms with Gasteiger partial charge < -0.3 is 10.2 Å². The highest BCUT2D eigenvalue weighted by molar-refractivity contribution is 5.95. The van der Waals surface area contributed by atoms with E-state index in [1.165, 1.54) is 12.8 Å². The highest BCUT2D eigenvalue weighted by Gasteiger charge is 2.36. The Hall–Kier alpha value is -1.77. The SMILES string of the molecule is CC(C)Nc1cccc(C(=O)N2CCCC3(CC=CCC3)C2)c1. The fraction of sp³-hybridized carbons (Fsp3) is 0.550. The van der Waals surface area contributed by atoms with Crippen molar-refractivity contribution in [2.24, 2.45) is 5.41 Å². The first-order valence-electron chi connectivity index (χ1n) is 8.89. The molecule has 3 heteroatoms. The molecule has 124 valence electrons. The first-order chi connectivity index (χ1) is 11.1. The number of carbonyl (C=O) groups is 1. The average molecular weight is 312 g/mol. The first kappa shape index (κ1) is 16.1. The molecule has 1 spiro atoms. The fourth-order valence-corrected chi connectivity index (χ4v) is 3.95. The van der Waals surface area contributed by atoms with Gasteiger partial charge in [-0.3, -0.25) is 4.79 Å². The van der Waals surface area contributed by atoms with Crippen LogP contribution in [0.4, 0.5) is 5.69 Å². The summed E-state index contributed by atoms with van der Waals surface area (Å²) in [4.78, 5) is 15.0. The van der Waals surface area contributed by atoms with Crippen molar-refractivity contribution in [3.8, 4) is 0 Å². The van der Waals surface area contributed by atoms with Crippen LogP contribution in [0.25, 0.3) is 0 Å². The van der Waals surface area contributed by atoms with E-state index in [0.717, 1.165) is 43.6 Å². The van der Waals surface area contributed by atoms with Crippen molar-refractivity contribution in [2.75, 3.05) is 18.4 Å². The van der Waals surface area contributed by atoms with Gasteiger partial charge >= 0.3 is 0 Å². The standard InChI is InChI=1S/C20H28N2O/c1-16(2)21-18-9-6-8-17(14-18)19(23)22-13-7-12-20(15-22)10-4-3-5-11-20/h3-4,6,8-9,14,16,21H,5,7,10-13,15H2,1-2H3. The van der Waals surface area contributed by atoms with Crippen molar-refractivity contribution in [3.05, 3.63) is 42.0 Å². The summed E-state index contributed by atoms with van der Waals surface area (Å²) in [5, 5.41) is 3.38. The summed E-state index contributed by atoms with van der Waals surface area (Å²) < 4.78 is 0. The van der Waals surface area contributed by atoms with Gasteiger partial charge in [-0.2, -0.15) is 0 Å². The number of rotatable bonds is 3. The third-order valence-electron chi connectivity index (χ3n) is 5.07. The quantitative estimate of drug-likeness (QED) is 0.835. The van der Waals surface area contributed by atoms with E-state index in [2.05, 4.69) is 36.2 Å². The van der Waals surface area contributed by atoms with Crippen LogP contribution in [0.3, 0.4) is 0 Å². The molecule has 1 fully saturated rings. The zero-order valence-electron chi connectivity index (χ0n) is 14.3. The summed E-state index contributed by atoms with van der Waals surface area (Å²) in [7, 11) is 0. The highest BCUT2D eigenvalue weighted by Crippen LogP contribution is 2.41. The van der Waals surface area contributed by atoms with Gasteiger partial charge in [0.1, 0.15) is 0 Å². The van der Waals surface area contributed by atoms with Gasteiger partial charge in [0.25, 0.3) is 5.91 Å². The Labute approximate surface area is 139 Å². The highest BCUT2D eigenvalue weighted by atomic mass is 16.2. The van der Waals surface area contributed by atoms with Crippen LogP contribution in [-0.2, 0) is 0 Å². The Morgan fingerprint density at radius 2 is 2.13 bits per heavy atom. The molecule has 1 N–H and O–H groups in total. The van der Waals surface area contributed by atoms with Crippen molar-refractivity contribution in [1.29, 1.82) is 0 Å². The minimum absolute atomic E-state index is 0.186. The molecule has 3 rings (SSSR count). The summed E-state index contributed by atoms with van der Waals surface area (Å²) in [5.74, 6) is 0.186. The van der Waals surface area contributed by atoms with Crippen LogP contribution in [0, 0.1) is 5.41 Å². The number of amides is 1. The van der Waals surface area contributed by atoms with Gasteiger partial charge in [-0.15, -0.1) is 0 Å². The Balaban J connectivity index is 1.73. The van der Waals surface area contributed by atoms with Crippen LogP contribution in [0.15, 0.2) is 36.4 Å². The molecule has 1 aliphatic carbocycles. The Morgan fingerprint density at radius 1 is 1.26 bits per heavy atom. The molecule has 1 saturated heterocycles. The summed E-state index contributed by atoms with van der Waals surface area (Å²) >= 11 is 0. The fourth-order valence-electron chi connectivity index (χ4n) is 3.95. The van der Waals surface area contributed by atoms with E-state index < -0.39 is 0 Å². The lowest BCUT2D eigenvalue weighted by molar-refractivity contribution is 0.0484. The lowest BCUT2D eigenvalue weighted by Gasteiger charge is -2.44.